The van der Waals surface area contributed by atoms with Gasteiger partial charge in [0.15, 0.2) is 11.5 Å². The summed E-state index contributed by atoms with van der Waals surface area (Å²) in [6, 6.07) is 7.64. The van der Waals surface area contributed by atoms with E-state index < -0.39 is 23.6 Å². The first-order chi connectivity index (χ1) is 18.1. The average Bonchev–Trinajstić information content (AvgIpc) is 3.37. The van der Waals surface area contributed by atoms with Crippen molar-refractivity contribution in [3.63, 3.8) is 0 Å². The van der Waals surface area contributed by atoms with Crippen molar-refractivity contribution in [2.75, 3.05) is 39.7 Å². The molecule has 0 saturated heterocycles. The lowest BCUT2D eigenvalue weighted by molar-refractivity contribution is -0.137. The predicted octanol–water partition coefficient (Wildman–Crippen LogP) is 5.13. The monoisotopic (exact) mass is 552 g/mol. The molecule has 204 valence electrons. The molecule has 38 heavy (non-hydrogen) atoms. The maximum Gasteiger partial charge on any atom is 0.416 e. The first-order valence-electron chi connectivity index (χ1n) is 11.5. The van der Waals surface area contributed by atoms with Crippen LogP contribution in [0.4, 0.5) is 18.3 Å². The zero-order valence-electron chi connectivity index (χ0n) is 21.2. The molecule has 0 aliphatic rings. The maximum absolute atomic E-state index is 13.1. The fourth-order valence-corrected chi connectivity index (χ4v) is 4.36. The van der Waals surface area contributed by atoms with Crippen molar-refractivity contribution >= 4 is 28.3 Å². The number of benzene rings is 2. The highest BCUT2D eigenvalue weighted by molar-refractivity contribution is 7.18. The van der Waals surface area contributed by atoms with E-state index in [2.05, 4.69) is 15.5 Å². The molecule has 0 saturated carbocycles. The number of amides is 2. The van der Waals surface area contributed by atoms with Crippen LogP contribution in [-0.4, -0.2) is 61.3 Å². The summed E-state index contributed by atoms with van der Waals surface area (Å²) in [6.45, 7) is 2.14. The molecule has 0 aliphatic heterocycles. The van der Waals surface area contributed by atoms with Crippen molar-refractivity contribution in [2.45, 2.75) is 25.9 Å². The summed E-state index contributed by atoms with van der Waals surface area (Å²) in [5.74, 6) is 0.295. The van der Waals surface area contributed by atoms with Gasteiger partial charge >= 0.3 is 6.18 Å². The molecule has 0 atom stereocenters. The van der Waals surface area contributed by atoms with Crippen molar-refractivity contribution in [3.8, 4) is 27.8 Å². The van der Waals surface area contributed by atoms with Crippen LogP contribution in [-0.2, 0) is 11.0 Å². The summed E-state index contributed by atoms with van der Waals surface area (Å²) < 4.78 is 55.2. The fraction of sp³-hybridized carbons (Fsp3) is 0.360. The Morgan fingerprint density at radius 1 is 1.00 bits per heavy atom. The third kappa shape index (κ3) is 6.91. The highest BCUT2D eigenvalue weighted by atomic mass is 32.1. The number of ether oxygens (including phenoxy) is 3. The molecule has 2 amide bonds. The molecule has 0 fully saturated rings. The standard InChI is InChI=1S/C25H27F3N4O5S/c1-5-10-32(23(34)15-7-6-8-17(12-15)25(26,27)28)11-9-20(33)29-24-31-30-22(38-24)16-13-18(35-2)21(37-4)19(14-16)36-3/h6-8,12-14H,5,9-11H2,1-4H3,(H,29,31,33). The van der Waals surface area contributed by atoms with Crippen molar-refractivity contribution in [2.24, 2.45) is 0 Å². The van der Waals surface area contributed by atoms with E-state index in [4.69, 9.17) is 14.2 Å². The van der Waals surface area contributed by atoms with Gasteiger partial charge in [-0.1, -0.05) is 24.3 Å². The van der Waals surface area contributed by atoms with Crippen LogP contribution in [0.25, 0.3) is 10.6 Å². The van der Waals surface area contributed by atoms with Crippen molar-refractivity contribution < 1.29 is 37.0 Å². The predicted molar refractivity (Wildman–Crippen MR) is 136 cm³/mol. The van der Waals surface area contributed by atoms with Crippen LogP contribution in [0.1, 0.15) is 35.7 Å². The lowest BCUT2D eigenvalue weighted by atomic mass is 10.1. The van der Waals surface area contributed by atoms with E-state index in [1.165, 1.54) is 38.4 Å². The molecule has 1 heterocycles. The summed E-state index contributed by atoms with van der Waals surface area (Å²) in [5.41, 5.74) is -0.359. The summed E-state index contributed by atoms with van der Waals surface area (Å²) in [4.78, 5) is 26.8. The van der Waals surface area contributed by atoms with Gasteiger partial charge in [0.1, 0.15) is 5.01 Å². The van der Waals surface area contributed by atoms with E-state index in [1.807, 2.05) is 6.92 Å². The zero-order valence-corrected chi connectivity index (χ0v) is 22.0. The van der Waals surface area contributed by atoms with Crippen LogP contribution in [0.3, 0.4) is 0 Å². The number of aromatic nitrogens is 2. The summed E-state index contributed by atoms with van der Waals surface area (Å²) in [6.07, 6.45) is -4.07. The minimum absolute atomic E-state index is 0.0211. The largest absolute Gasteiger partial charge is 0.493 e. The Bertz CT molecular complexity index is 1260. The molecule has 1 aromatic heterocycles. The molecule has 9 nitrogen and oxygen atoms in total. The molecule has 3 rings (SSSR count). The number of hydrogen-bond donors (Lipinski definition) is 1. The number of carbonyl (C=O) groups is 2. The first kappa shape index (κ1) is 28.7. The van der Waals surface area contributed by atoms with Gasteiger partial charge < -0.3 is 24.4 Å². The number of alkyl halides is 3. The van der Waals surface area contributed by atoms with E-state index in [0.29, 0.717) is 34.2 Å². The molecule has 0 unspecified atom stereocenters. The lowest BCUT2D eigenvalue weighted by Gasteiger charge is -2.22. The molecule has 0 radical (unpaired) electrons. The van der Waals surface area contributed by atoms with Crippen LogP contribution < -0.4 is 19.5 Å². The Kier molecular flexibility index (Phi) is 9.50. The minimum atomic E-state index is -4.56. The van der Waals surface area contributed by atoms with E-state index in [1.54, 1.807) is 12.1 Å². The molecule has 0 spiro atoms. The highest BCUT2D eigenvalue weighted by Crippen LogP contribution is 2.42. The highest BCUT2D eigenvalue weighted by Gasteiger charge is 2.31. The minimum Gasteiger partial charge on any atom is -0.493 e. The average molecular weight is 553 g/mol. The third-order valence-electron chi connectivity index (χ3n) is 5.41. The molecular weight excluding hydrogens is 525 g/mol. The number of nitrogens with zero attached hydrogens (tertiary/aromatic N) is 3. The summed E-state index contributed by atoms with van der Waals surface area (Å²) >= 11 is 1.12. The summed E-state index contributed by atoms with van der Waals surface area (Å²) in [5, 5.41) is 11.5. The van der Waals surface area contributed by atoms with Crippen LogP contribution in [0.2, 0.25) is 0 Å². The normalized spacial score (nSPS) is 11.1. The van der Waals surface area contributed by atoms with Gasteiger partial charge in [-0.05, 0) is 36.8 Å². The fourth-order valence-electron chi connectivity index (χ4n) is 3.61. The Hall–Kier alpha value is -3.87. The Labute approximate surface area is 221 Å². The van der Waals surface area contributed by atoms with Crippen molar-refractivity contribution in [1.29, 1.82) is 0 Å². The van der Waals surface area contributed by atoms with Gasteiger partial charge in [-0.3, -0.25) is 9.59 Å². The molecule has 0 bridgehead atoms. The SMILES string of the molecule is CCCN(CCC(=O)Nc1nnc(-c2cc(OC)c(OC)c(OC)c2)s1)C(=O)c1cccc(C(F)(F)F)c1. The Morgan fingerprint density at radius 2 is 1.68 bits per heavy atom. The van der Waals surface area contributed by atoms with E-state index >= 15 is 0 Å². The van der Waals surface area contributed by atoms with Crippen LogP contribution >= 0.6 is 11.3 Å². The number of carbonyl (C=O) groups excluding carboxylic acids is 2. The van der Waals surface area contributed by atoms with Gasteiger partial charge in [0.25, 0.3) is 5.91 Å². The molecule has 1 N–H and O–H groups in total. The maximum atomic E-state index is 13.1. The second kappa shape index (κ2) is 12.6. The first-order valence-corrected chi connectivity index (χ1v) is 12.3. The molecule has 13 heteroatoms. The summed E-state index contributed by atoms with van der Waals surface area (Å²) in [7, 11) is 4.48. The van der Waals surface area contributed by atoms with Gasteiger partial charge in [0.05, 0.1) is 26.9 Å². The second-order valence-electron chi connectivity index (χ2n) is 8.00. The Morgan fingerprint density at radius 3 is 2.26 bits per heavy atom. The van der Waals surface area contributed by atoms with Crippen molar-refractivity contribution in [1.82, 2.24) is 15.1 Å². The van der Waals surface area contributed by atoms with E-state index in [9.17, 15) is 22.8 Å². The van der Waals surface area contributed by atoms with Gasteiger partial charge in [-0.2, -0.15) is 13.2 Å². The Balaban J connectivity index is 1.67. The molecule has 2 aromatic carbocycles. The van der Waals surface area contributed by atoms with Crippen LogP contribution in [0.15, 0.2) is 36.4 Å². The van der Waals surface area contributed by atoms with Crippen molar-refractivity contribution in [3.05, 3.63) is 47.5 Å². The number of nitrogens with one attached hydrogen (secondary N) is 1. The van der Waals surface area contributed by atoms with E-state index in [0.717, 1.165) is 23.5 Å². The molecular formula is C25H27F3N4O5S. The number of hydrogen-bond acceptors (Lipinski definition) is 8. The van der Waals surface area contributed by atoms with Gasteiger partial charge in [0, 0.05) is 30.6 Å². The smallest absolute Gasteiger partial charge is 0.416 e. The van der Waals surface area contributed by atoms with Gasteiger partial charge in [-0.15, -0.1) is 10.2 Å². The van der Waals surface area contributed by atoms with Crippen LogP contribution in [0.5, 0.6) is 17.2 Å². The van der Waals surface area contributed by atoms with Gasteiger partial charge in [0.2, 0.25) is 16.8 Å². The topological polar surface area (TPSA) is 103 Å². The molecule has 3 aromatic rings. The molecule has 0 aliphatic carbocycles. The number of rotatable bonds is 11. The number of anilines is 1. The van der Waals surface area contributed by atoms with Crippen LogP contribution in [0, 0.1) is 0 Å². The zero-order chi connectivity index (χ0) is 27.9. The third-order valence-corrected chi connectivity index (χ3v) is 6.30. The second-order valence-corrected chi connectivity index (χ2v) is 8.97. The van der Waals surface area contributed by atoms with E-state index in [-0.39, 0.29) is 30.2 Å². The quantitative estimate of drug-likeness (QED) is 0.352. The number of methoxy groups -OCH3 is 3. The lowest BCUT2D eigenvalue weighted by Crippen LogP contribution is -2.34. The van der Waals surface area contributed by atoms with Gasteiger partial charge in [-0.25, -0.2) is 0 Å². The number of halogens is 3.